The van der Waals surface area contributed by atoms with Gasteiger partial charge in [0.25, 0.3) is 0 Å². The molecule has 1 N–H and O–H groups in total. The van der Waals surface area contributed by atoms with Crippen molar-refractivity contribution >= 4 is 0 Å². The molecule has 2 nitrogen and oxygen atoms in total. The number of nitrogens with zero attached hydrogens (tertiary/aromatic N) is 1. The highest BCUT2D eigenvalue weighted by Crippen LogP contribution is 2.04. The summed E-state index contributed by atoms with van der Waals surface area (Å²) in [4.78, 5) is 0. The van der Waals surface area contributed by atoms with Gasteiger partial charge in [0.2, 0.25) is 0 Å². The molecule has 1 heterocycles. The van der Waals surface area contributed by atoms with E-state index in [4.69, 9.17) is 0 Å². The van der Waals surface area contributed by atoms with Crippen LogP contribution in [0.3, 0.4) is 0 Å². The van der Waals surface area contributed by atoms with Crippen LogP contribution < -0.4 is 5.43 Å². The van der Waals surface area contributed by atoms with Gasteiger partial charge in [-0.3, -0.25) is 5.43 Å². The van der Waals surface area contributed by atoms with Gasteiger partial charge in [0.05, 0.1) is 0 Å². The summed E-state index contributed by atoms with van der Waals surface area (Å²) in [7, 11) is 0. The fraction of sp³-hybridized carbons (Fsp3) is 1.00. The van der Waals surface area contributed by atoms with Gasteiger partial charge in [-0.1, -0.05) is 39.0 Å². The largest absolute Gasteiger partial charge is 0.255 e. The smallest absolute Gasteiger partial charge is 0.0273 e. The zero-order valence-corrected chi connectivity index (χ0v) is 8.31. The van der Waals surface area contributed by atoms with Crippen LogP contribution in [0, 0.1) is 0 Å². The van der Waals surface area contributed by atoms with Crippen LogP contribution in [-0.4, -0.2) is 24.6 Å². The summed E-state index contributed by atoms with van der Waals surface area (Å²) in [6.07, 6.45) is 8.38. The van der Waals surface area contributed by atoms with Crippen LogP contribution in [0.25, 0.3) is 0 Å². The molecule has 12 heavy (non-hydrogen) atoms. The molecule has 0 atom stereocenters. The van der Waals surface area contributed by atoms with Crippen LogP contribution in [0.1, 0.15) is 45.4 Å². The molecular weight excluding hydrogens is 148 g/mol. The third-order valence-electron chi connectivity index (χ3n) is 2.31. The fourth-order valence-electron chi connectivity index (χ4n) is 1.35. The third kappa shape index (κ3) is 5.56. The Balaban J connectivity index is 1.65. The van der Waals surface area contributed by atoms with E-state index in [9.17, 15) is 0 Å². The number of hydrazine groups is 1. The zero-order chi connectivity index (χ0) is 8.65. The minimum Gasteiger partial charge on any atom is -0.255 e. The molecule has 0 radical (unpaired) electrons. The van der Waals surface area contributed by atoms with E-state index in [1.165, 1.54) is 58.2 Å². The molecule has 1 aliphatic heterocycles. The Morgan fingerprint density at radius 3 is 2.33 bits per heavy atom. The summed E-state index contributed by atoms with van der Waals surface area (Å²) < 4.78 is 0. The number of nitrogens with one attached hydrogen (secondary N) is 1. The average molecular weight is 170 g/mol. The highest BCUT2D eigenvalue weighted by Gasteiger charge is 2.14. The second-order valence-corrected chi connectivity index (χ2v) is 3.66. The van der Waals surface area contributed by atoms with E-state index >= 15 is 0 Å². The van der Waals surface area contributed by atoms with E-state index in [2.05, 4.69) is 17.4 Å². The normalized spacial score (nSPS) is 16.8. The number of rotatable bonds is 8. The topological polar surface area (TPSA) is 15.0 Å². The van der Waals surface area contributed by atoms with Crippen molar-refractivity contribution in [1.82, 2.24) is 10.4 Å². The first kappa shape index (κ1) is 10.0. The number of hydrogen-bond donors (Lipinski definition) is 1. The van der Waals surface area contributed by atoms with Crippen molar-refractivity contribution in [2.45, 2.75) is 45.4 Å². The van der Waals surface area contributed by atoms with E-state index in [1.807, 2.05) is 0 Å². The fourth-order valence-corrected chi connectivity index (χ4v) is 1.35. The molecule has 2 heteroatoms. The number of hydrogen-bond acceptors (Lipinski definition) is 2. The molecular formula is C10H22N2. The number of unbranched alkanes of at least 4 members (excludes halogenated alkanes) is 5. The lowest BCUT2D eigenvalue weighted by atomic mass is 10.1. The summed E-state index contributed by atoms with van der Waals surface area (Å²) in [5, 5.41) is 2.27. The highest BCUT2D eigenvalue weighted by molar-refractivity contribution is 4.66. The van der Waals surface area contributed by atoms with Crippen LogP contribution >= 0.6 is 0 Å². The Kier molecular flexibility index (Phi) is 5.37. The van der Waals surface area contributed by atoms with Gasteiger partial charge in [0.1, 0.15) is 0 Å². The van der Waals surface area contributed by atoms with Gasteiger partial charge in [-0.15, -0.1) is 0 Å². The Bertz CT molecular complexity index is 100. The molecule has 0 saturated carbocycles. The van der Waals surface area contributed by atoms with Gasteiger partial charge in [-0.25, -0.2) is 5.01 Å². The first-order chi connectivity index (χ1) is 5.93. The summed E-state index contributed by atoms with van der Waals surface area (Å²) in [5.74, 6) is 0. The Labute approximate surface area is 76.3 Å². The zero-order valence-electron chi connectivity index (χ0n) is 8.31. The Morgan fingerprint density at radius 2 is 1.67 bits per heavy atom. The van der Waals surface area contributed by atoms with Crippen LogP contribution in [-0.2, 0) is 0 Å². The van der Waals surface area contributed by atoms with E-state index in [-0.39, 0.29) is 0 Å². The van der Waals surface area contributed by atoms with Gasteiger partial charge < -0.3 is 0 Å². The summed E-state index contributed by atoms with van der Waals surface area (Å²) >= 11 is 0. The maximum atomic E-state index is 3.38. The van der Waals surface area contributed by atoms with Crippen LogP contribution in [0.5, 0.6) is 0 Å². The predicted molar refractivity (Wildman–Crippen MR) is 53.0 cm³/mol. The molecule has 0 spiro atoms. The average Bonchev–Trinajstić information content (AvgIpc) is 2.87. The van der Waals surface area contributed by atoms with Crippen molar-refractivity contribution in [1.29, 1.82) is 0 Å². The van der Waals surface area contributed by atoms with Gasteiger partial charge in [-0.2, -0.15) is 0 Å². The lowest BCUT2D eigenvalue weighted by Gasteiger charge is -2.03. The molecule has 1 rings (SSSR count). The quantitative estimate of drug-likeness (QED) is 0.443. The second-order valence-electron chi connectivity index (χ2n) is 3.66. The standard InChI is InChI=1S/C10H22N2/c1-2-3-4-5-6-7-8-11-12-9-10-12/h11H,2-10H2,1H3. The first-order valence-electron chi connectivity index (χ1n) is 5.42. The van der Waals surface area contributed by atoms with E-state index in [0.717, 1.165) is 0 Å². The Morgan fingerprint density at radius 1 is 1.00 bits per heavy atom. The lowest BCUT2D eigenvalue weighted by molar-refractivity contribution is 0.393. The molecule has 72 valence electrons. The Hall–Kier alpha value is -0.0800. The van der Waals surface area contributed by atoms with Crippen molar-refractivity contribution < 1.29 is 0 Å². The van der Waals surface area contributed by atoms with Crippen LogP contribution in [0.2, 0.25) is 0 Å². The summed E-state index contributed by atoms with van der Waals surface area (Å²) in [6.45, 7) is 5.97. The lowest BCUT2D eigenvalue weighted by Crippen LogP contribution is -2.21. The molecule has 1 fully saturated rings. The minimum atomic E-state index is 1.19. The summed E-state index contributed by atoms with van der Waals surface area (Å²) in [6, 6.07) is 0. The van der Waals surface area contributed by atoms with E-state index < -0.39 is 0 Å². The molecule has 0 unspecified atom stereocenters. The summed E-state index contributed by atoms with van der Waals surface area (Å²) in [5.41, 5.74) is 3.38. The van der Waals surface area contributed by atoms with Crippen molar-refractivity contribution in [2.24, 2.45) is 0 Å². The SMILES string of the molecule is CCCCCCCCNN1CC1. The van der Waals surface area contributed by atoms with Crippen LogP contribution in [0.15, 0.2) is 0 Å². The van der Waals surface area contributed by atoms with Gasteiger partial charge in [0.15, 0.2) is 0 Å². The van der Waals surface area contributed by atoms with Crippen molar-refractivity contribution in [3.63, 3.8) is 0 Å². The molecule has 0 aromatic rings. The first-order valence-corrected chi connectivity index (χ1v) is 5.42. The van der Waals surface area contributed by atoms with Crippen molar-refractivity contribution in [2.75, 3.05) is 19.6 Å². The van der Waals surface area contributed by atoms with E-state index in [1.54, 1.807) is 0 Å². The van der Waals surface area contributed by atoms with Gasteiger partial charge >= 0.3 is 0 Å². The molecule has 0 amide bonds. The minimum absolute atomic E-state index is 1.19. The molecule has 1 aliphatic rings. The maximum absolute atomic E-state index is 3.38. The van der Waals surface area contributed by atoms with Crippen LogP contribution in [0.4, 0.5) is 0 Å². The molecule has 0 aromatic carbocycles. The predicted octanol–water partition coefficient (Wildman–Crippen LogP) is 2.17. The molecule has 0 aromatic heterocycles. The maximum Gasteiger partial charge on any atom is 0.0273 e. The molecule has 1 saturated heterocycles. The van der Waals surface area contributed by atoms with Crippen molar-refractivity contribution in [3.8, 4) is 0 Å². The second kappa shape index (κ2) is 6.44. The van der Waals surface area contributed by atoms with Crippen molar-refractivity contribution in [3.05, 3.63) is 0 Å². The monoisotopic (exact) mass is 170 g/mol. The molecule has 0 bridgehead atoms. The van der Waals surface area contributed by atoms with Gasteiger partial charge in [-0.05, 0) is 6.42 Å². The van der Waals surface area contributed by atoms with E-state index in [0.29, 0.717) is 0 Å². The highest BCUT2D eigenvalue weighted by atomic mass is 15.6. The van der Waals surface area contributed by atoms with Gasteiger partial charge in [0, 0.05) is 19.6 Å². The third-order valence-corrected chi connectivity index (χ3v) is 2.31. The molecule has 0 aliphatic carbocycles.